The van der Waals surface area contributed by atoms with Gasteiger partial charge in [0, 0.05) is 38.2 Å². The van der Waals surface area contributed by atoms with E-state index in [1.54, 1.807) is 15.9 Å². The highest BCUT2D eigenvalue weighted by molar-refractivity contribution is 6.63. The normalized spacial score (nSPS) is 11.6. The molecule has 1 aromatic heterocycles. The molecule has 2 amide bonds. The number of carbonyl (C=O) groups excluding carboxylic acids is 6. The standard InChI is InChI=1S/C25H30N5O3.C25H30N2O3.C21H23NO2.C5H9ClO/c1-5-6-11-22(31)30(23(17(2)3)25(32)33-4)16-18-12-14-19(15-13-18)20-9-7-8-10-21(20)24-26-28-29-27-24;1-5-6-11-23(28)27(24(18(2)3)25(29)30-4)17-19-12-14-20(15-13-19)22-10-8-7-9-21(22)16-26;1-15(2)19(21(23)24-3)13-10-16-8-11-17(12-9-16)20-7-5-4-6-18(20)14-22;1-2-3-4-5(6)7/h7-10,12-15,17,23H,5-6,11,16H2,1-4H3;7-10,12-15,18,24H,5-6,11,17H2,1-4H3;4-9,11-12,15,19H,10,13H2,1-3H3;2-4H2,1H3/q-1;;;/t23-;24-;19-;/m000./s1. The van der Waals surface area contributed by atoms with Crippen LogP contribution in [-0.4, -0.2) is 93.7 Å². The van der Waals surface area contributed by atoms with Gasteiger partial charge in [0.2, 0.25) is 17.1 Å². The van der Waals surface area contributed by atoms with E-state index < -0.39 is 24.0 Å². The Balaban J connectivity index is 0.000000288. The monoisotopic (exact) mass is 1300 g/mol. The lowest BCUT2D eigenvalue weighted by Crippen LogP contribution is -2.48. The van der Waals surface area contributed by atoms with Crippen molar-refractivity contribution in [2.75, 3.05) is 21.3 Å². The third-order valence-electron chi connectivity index (χ3n) is 15.8. The molecule has 0 saturated heterocycles. The van der Waals surface area contributed by atoms with Crippen molar-refractivity contribution in [3.05, 3.63) is 173 Å². The fraction of sp³-hybridized carbons (Fsp3) is 0.408. The number of hydrogen-bond donors (Lipinski definition) is 0. The van der Waals surface area contributed by atoms with Crippen LogP contribution in [0.25, 0.3) is 44.8 Å². The van der Waals surface area contributed by atoms with Gasteiger partial charge in [-0.3, -0.25) is 29.5 Å². The minimum absolute atomic E-state index is 0.0382. The van der Waals surface area contributed by atoms with Crippen molar-refractivity contribution in [2.45, 2.75) is 158 Å². The quantitative estimate of drug-likeness (QED) is 0.0252. The van der Waals surface area contributed by atoms with Crippen LogP contribution < -0.4 is 5.10 Å². The average molecular weight is 1300 g/mol. The largest absolute Gasteiger partial charge is 0.469 e. The summed E-state index contributed by atoms with van der Waals surface area (Å²) in [6.07, 6.45) is 8.30. The SMILES string of the molecule is CCCCC(=O)Cl.CCCCC(=O)N(Cc1ccc(-c2ccccc2-c2nnn[n-]2)cc1)[C@H](C(=O)OC)C(C)C.CCCCC(=O)N(Cc1ccc(-c2ccccc2C#N)cc1)[C@H](C(=O)OC)C(C)C.COC(=O)[C@@H](CCc1ccc(-c2ccccc2C#N)cc1)C(C)C. The smallest absolute Gasteiger partial charge is 0.328 e. The number of aromatic nitrogens is 4. The third-order valence-corrected chi connectivity index (χ3v) is 16.0. The molecule has 7 rings (SSSR count). The summed E-state index contributed by atoms with van der Waals surface area (Å²) in [4.78, 5) is 76.0. The van der Waals surface area contributed by atoms with Gasteiger partial charge in [0.15, 0.2) is 0 Å². The van der Waals surface area contributed by atoms with E-state index in [0.29, 0.717) is 49.3 Å². The van der Waals surface area contributed by atoms with Gasteiger partial charge in [0.05, 0.1) is 50.5 Å². The van der Waals surface area contributed by atoms with E-state index in [-0.39, 0.29) is 46.7 Å². The van der Waals surface area contributed by atoms with Crippen molar-refractivity contribution < 1.29 is 43.0 Å². The minimum Gasteiger partial charge on any atom is -0.469 e. The number of rotatable bonds is 28. The van der Waals surface area contributed by atoms with E-state index in [1.165, 1.54) is 26.9 Å². The third kappa shape index (κ3) is 24.0. The highest BCUT2D eigenvalue weighted by atomic mass is 35.5. The number of aryl methyl sites for hydroxylation is 1. The Morgan fingerprint density at radius 3 is 1.20 bits per heavy atom. The second kappa shape index (κ2) is 41.3. The Morgan fingerprint density at radius 1 is 0.489 bits per heavy atom. The number of unbranched alkanes of at least 4 members (excludes halogenated alkanes) is 3. The number of nitrogens with zero attached hydrogens (tertiary/aromatic N) is 8. The molecule has 0 fully saturated rings. The number of esters is 3. The molecule has 0 saturated carbocycles. The summed E-state index contributed by atoms with van der Waals surface area (Å²) in [5.41, 5.74) is 10.9. The summed E-state index contributed by atoms with van der Waals surface area (Å²) in [6, 6.07) is 50.0. The van der Waals surface area contributed by atoms with E-state index >= 15 is 0 Å². The number of carbonyl (C=O) groups is 6. The summed E-state index contributed by atoms with van der Waals surface area (Å²) in [6.45, 7) is 18.6. The van der Waals surface area contributed by atoms with Gasteiger partial charge in [-0.25, -0.2) is 9.59 Å². The number of nitriles is 2. The van der Waals surface area contributed by atoms with Crippen molar-refractivity contribution in [1.29, 1.82) is 10.5 Å². The number of amides is 2. The molecular weight excluding hydrogens is 1200 g/mol. The van der Waals surface area contributed by atoms with Gasteiger partial charge < -0.3 is 29.1 Å². The topological polar surface area (TPSA) is 237 Å². The van der Waals surface area contributed by atoms with Gasteiger partial charge in [-0.15, -0.1) is 0 Å². The average Bonchev–Trinajstić information content (AvgIpc) is 1.18. The molecular formula is C76H92ClN8O9-. The molecule has 0 radical (unpaired) electrons. The van der Waals surface area contributed by atoms with Crippen LogP contribution in [0.15, 0.2) is 146 Å². The summed E-state index contributed by atoms with van der Waals surface area (Å²) in [7, 11) is 4.16. The molecule has 0 aliphatic heterocycles. The lowest BCUT2D eigenvalue weighted by molar-refractivity contribution is -0.155. The molecule has 0 N–H and O–H groups in total. The van der Waals surface area contributed by atoms with Gasteiger partial charge in [0.25, 0.3) is 0 Å². The highest BCUT2D eigenvalue weighted by Gasteiger charge is 2.34. The maximum absolute atomic E-state index is 13.0. The summed E-state index contributed by atoms with van der Waals surface area (Å²) in [5.74, 6) is -0.473. The lowest BCUT2D eigenvalue weighted by atomic mass is 9.89. The maximum atomic E-state index is 13.0. The second-order valence-electron chi connectivity index (χ2n) is 23.7. The van der Waals surface area contributed by atoms with Crippen LogP contribution in [0.5, 0.6) is 0 Å². The molecule has 0 aliphatic rings. The number of hydrogen-bond acceptors (Lipinski definition) is 14. The Bertz CT molecular complexity index is 3560. The first-order valence-electron chi connectivity index (χ1n) is 32.3. The van der Waals surface area contributed by atoms with Crippen molar-refractivity contribution in [1.82, 2.24) is 30.4 Å². The first-order chi connectivity index (χ1) is 45.2. The van der Waals surface area contributed by atoms with Crippen LogP contribution in [0.2, 0.25) is 0 Å². The van der Waals surface area contributed by atoms with E-state index in [0.717, 1.165) is 101 Å². The molecule has 0 spiro atoms. The minimum atomic E-state index is -0.630. The van der Waals surface area contributed by atoms with E-state index in [4.69, 9.17) is 25.8 Å². The second-order valence-corrected chi connectivity index (χ2v) is 24.1. The number of ether oxygens (including phenoxy) is 3. The van der Waals surface area contributed by atoms with Gasteiger partial charge in [-0.05, 0) is 129 Å². The van der Waals surface area contributed by atoms with Crippen LogP contribution in [-0.2, 0) is 62.5 Å². The predicted molar refractivity (Wildman–Crippen MR) is 368 cm³/mol. The summed E-state index contributed by atoms with van der Waals surface area (Å²) in [5, 5.41) is 33.4. The lowest BCUT2D eigenvalue weighted by Gasteiger charge is -2.32. The molecule has 1 heterocycles. The van der Waals surface area contributed by atoms with Gasteiger partial charge >= 0.3 is 17.9 Å². The van der Waals surface area contributed by atoms with Crippen LogP contribution in [0, 0.1) is 46.3 Å². The number of tetrazole rings is 1. The molecule has 18 heteroatoms. The first-order valence-corrected chi connectivity index (χ1v) is 32.6. The first kappa shape index (κ1) is 77.1. The van der Waals surface area contributed by atoms with Crippen LogP contribution in [0.1, 0.15) is 154 Å². The summed E-state index contributed by atoms with van der Waals surface area (Å²) >= 11 is 5.02. The molecule has 94 heavy (non-hydrogen) atoms. The molecule has 6 aromatic carbocycles. The Labute approximate surface area is 561 Å². The van der Waals surface area contributed by atoms with Crippen LogP contribution in [0.3, 0.4) is 0 Å². The van der Waals surface area contributed by atoms with Crippen LogP contribution >= 0.6 is 11.6 Å². The Morgan fingerprint density at radius 2 is 0.862 bits per heavy atom. The van der Waals surface area contributed by atoms with E-state index in [2.05, 4.69) is 44.9 Å². The fourth-order valence-electron chi connectivity index (χ4n) is 10.6. The molecule has 498 valence electrons. The van der Waals surface area contributed by atoms with Crippen molar-refractivity contribution in [3.63, 3.8) is 0 Å². The van der Waals surface area contributed by atoms with Crippen molar-refractivity contribution in [3.8, 4) is 56.9 Å². The predicted octanol–water partition coefficient (Wildman–Crippen LogP) is 15.4. The molecule has 17 nitrogen and oxygen atoms in total. The Hall–Kier alpha value is -9.32. The van der Waals surface area contributed by atoms with Gasteiger partial charge in [-0.2, -0.15) is 15.7 Å². The van der Waals surface area contributed by atoms with Gasteiger partial charge in [-0.1, -0.05) is 215 Å². The van der Waals surface area contributed by atoms with Gasteiger partial charge in [0.1, 0.15) is 12.1 Å². The van der Waals surface area contributed by atoms with Crippen molar-refractivity contribution >= 4 is 46.6 Å². The van der Waals surface area contributed by atoms with Crippen LogP contribution in [0.4, 0.5) is 0 Å². The summed E-state index contributed by atoms with van der Waals surface area (Å²) < 4.78 is 14.9. The molecule has 0 unspecified atom stereocenters. The van der Waals surface area contributed by atoms with E-state index in [9.17, 15) is 39.3 Å². The van der Waals surface area contributed by atoms with Crippen molar-refractivity contribution in [2.24, 2.45) is 23.7 Å². The number of benzene rings is 6. The molecule has 0 bridgehead atoms. The molecule has 3 atom stereocenters. The van der Waals surface area contributed by atoms with E-state index in [1.807, 2.05) is 190 Å². The Kier molecular flexibility index (Phi) is 33.9. The maximum Gasteiger partial charge on any atom is 0.328 e. The number of halogens is 1. The zero-order valence-electron chi connectivity index (χ0n) is 56.6. The molecule has 7 aromatic rings. The molecule has 0 aliphatic carbocycles. The zero-order chi connectivity index (χ0) is 69.1. The fourth-order valence-corrected chi connectivity index (χ4v) is 10.7. The highest BCUT2D eigenvalue weighted by Crippen LogP contribution is 2.32. The number of methoxy groups -OCH3 is 3. The zero-order valence-corrected chi connectivity index (χ0v) is 57.4.